The van der Waals surface area contributed by atoms with Crippen LogP contribution in [-0.2, 0) is 0 Å². The van der Waals surface area contributed by atoms with Gasteiger partial charge in [0.25, 0.3) is 0 Å². The van der Waals surface area contributed by atoms with Gasteiger partial charge in [-0.05, 0) is 53.5 Å². The summed E-state index contributed by atoms with van der Waals surface area (Å²) in [7, 11) is 0. The van der Waals surface area contributed by atoms with Crippen LogP contribution >= 0.6 is 23.2 Å². The van der Waals surface area contributed by atoms with Crippen molar-refractivity contribution in [1.82, 2.24) is 19.9 Å². The number of fused-ring (bicyclic) bond motifs is 1. The van der Waals surface area contributed by atoms with Crippen molar-refractivity contribution in [2.45, 2.75) is 0 Å². The highest BCUT2D eigenvalue weighted by molar-refractivity contribution is 6.31. The van der Waals surface area contributed by atoms with Crippen LogP contribution in [0.1, 0.15) is 0 Å². The highest BCUT2D eigenvalue weighted by atomic mass is 35.5. The van der Waals surface area contributed by atoms with E-state index in [-0.39, 0.29) is 16.5 Å². The molecular formula is C16H9Cl2N5O. The van der Waals surface area contributed by atoms with Crippen molar-refractivity contribution in [1.29, 1.82) is 0 Å². The lowest BCUT2D eigenvalue weighted by molar-refractivity contribution is 0.620. The third kappa shape index (κ3) is 3.02. The molecule has 0 aliphatic rings. The number of aromatic nitrogens is 4. The van der Waals surface area contributed by atoms with E-state index in [2.05, 4.69) is 25.3 Å². The monoisotopic (exact) mass is 357 g/mol. The van der Waals surface area contributed by atoms with Gasteiger partial charge in [-0.3, -0.25) is 0 Å². The molecule has 2 aromatic heterocycles. The van der Waals surface area contributed by atoms with Crippen molar-refractivity contribution in [3.8, 4) is 11.5 Å². The minimum Gasteiger partial charge on any atom is -0.436 e. The van der Waals surface area contributed by atoms with Crippen LogP contribution in [-0.4, -0.2) is 19.9 Å². The first kappa shape index (κ1) is 14.9. The molecule has 0 bridgehead atoms. The van der Waals surface area contributed by atoms with E-state index in [1.165, 1.54) is 0 Å². The fraction of sp³-hybridized carbons (Fsp3) is 0. The van der Waals surface area contributed by atoms with Crippen LogP contribution in [0.3, 0.4) is 0 Å². The fourth-order valence-corrected chi connectivity index (χ4v) is 2.60. The van der Waals surface area contributed by atoms with Gasteiger partial charge >= 0.3 is 0 Å². The lowest BCUT2D eigenvalue weighted by atomic mass is 10.2. The maximum absolute atomic E-state index is 5.78. The number of benzene rings is 2. The molecule has 0 atom stereocenters. The quantitative estimate of drug-likeness (QED) is 0.571. The molecule has 2 heterocycles. The predicted octanol–water partition coefficient (Wildman–Crippen LogP) is 4.73. The molecule has 0 amide bonds. The molecule has 0 aliphatic carbocycles. The van der Waals surface area contributed by atoms with E-state index in [1.807, 2.05) is 48.5 Å². The predicted molar refractivity (Wildman–Crippen MR) is 92.6 cm³/mol. The minimum atomic E-state index is 0.0209. The van der Waals surface area contributed by atoms with Crippen LogP contribution in [0.5, 0.6) is 0 Å². The maximum Gasteiger partial charge on any atom is 0.232 e. The summed E-state index contributed by atoms with van der Waals surface area (Å²) in [5.41, 5.74) is 3.11. The Morgan fingerprint density at radius 2 is 1.62 bits per heavy atom. The zero-order valence-corrected chi connectivity index (χ0v) is 13.6. The van der Waals surface area contributed by atoms with Gasteiger partial charge in [0.15, 0.2) is 5.58 Å². The van der Waals surface area contributed by atoms with E-state index < -0.39 is 0 Å². The average molecular weight is 358 g/mol. The maximum atomic E-state index is 5.78. The summed E-state index contributed by atoms with van der Waals surface area (Å²) >= 11 is 11.6. The number of rotatable bonds is 3. The second-order valence-electron chi connectivity index (χ2n) is 4.89. The van der Waals surface area contributed by atoms with Gasteiger partial charge in [0.1, 0.15) is 5.52 Å². The third-order valence-electron chi connectivity index (χ3n) is 3.24. The largest absolute Gasteiger partial charge is 0.436 e. The number of nitrogens with one attached hydrogen (secondary N) is 1. The Labute approximate surface area is 146 Å². The number of hydrogen-bond acceptors (Lipinski definition) is 6. The smallest absolute Gasteiger partial charge is 0.232 e. The molecule has 4 aromatic rings. The van der Waals surface area contributed by atoms with E-state index >= 15 is 0 Å². The van der Waals surface area contributed by atoms with Crippen molar-refractivity contribution in [3.05, 3.63) is 59.1 Å². The normalized spacial score (nSPS) is 10.9. The molecule has 4 rings (SSSR count). The molecule has 0 spiro atoms. The Hall–Kier alpha value is -2.70. The van der Waals surface area contributed by atoms with Gasteiger partial charge in [0.05, 0.1) is 0 Å². The summed E-state index contributed by atoms with van der Waals surface area (Å²) in [6.07, 6.45) is 0. The summed E-state index contributed by atoms with van der Waals surface area (Å²) in [5, 5.41) is 3.07. The van der Waals surface area contributed by atoms with Crippen LogP contribution < -0.4 is 5.32 Å². The zero-order chi connectivity index (χ0) is 16.5. The summed E-state index contributed by atoms with van der Waals surface area (Å²) < 4.78 is 5.78. The highest BCUT2D eigenvalue weighted by Gasteiger charge is 2.09. The second-order valence-corrected chi connectivity index (χ2v) is 5.57. The Morgan fingerprint density at radius 1 is 0.833 bits per heavy atom. The van der Waals surface area contributed by atoms with Crippen molar-refractivity contribution in [2.75, 3.05) is 5.32 Å². The van der Waals surface area contributed by atoms with Crippen LogP contribution in [0.15, 0.2) is 52.9 Å². The van der Waals surface area contributed by atoms with Crippen LogP contribution in [0.4, 0.5) is 11.6 Å². The summed E-state index contributed by atoms with van der Waals surface area (Å²) in [5.74, 6) is 0.793. The summed E-state index contributed by atoms with van der Waals surface area (Å²) in [6.45, 7) is 0. The Balaban J connectivity index is 1.68. The molecule has 0 saturated heterocycles. The molecule has 0 radical (unpaired) electrons. The SMILES string of the molecule is Clc1nc(Cl)nc(Nc2cccc(-c3nc4ccccc4o3)c2)n1. The summed E-state index contributed by atoms with van der Waals surface area (Å²) in [4.78, 5) is 16.1. The average Bonchev–Trinajstić information content (AvgIpc) is 2.98. The van der Waals surface area contributed by atoms with E-state index in [4.69, 9.17) is 27.6 Å². The first-order valence-electron chi connectivity index (χ1n) is 6.97. The third-order valence-corrected chi connectivity index (χ3v) is 3.58. The second kappa shape index (κ2) is 6.07. The Kier molecular flexibility index (Phi) is 3.76. The van der Waals surface area contributed by atoms with E-state index in [0.717, 1.165) is 22.4 Å². The van der Waals surface area contributed by atoms with Crippen molar-refractivity contribution in [2.24, 2.45) is 0 Å². The first-order chi connectivity index (χ1) is 11.7. The Bertz CT molecular complexity index is 981. The van der Waals surface area contributed by atoms with Crippen molar-refractivity contribution in [3.63, 3.8) is 0 Å². The fourth-order valence-electron chi connectivity index (χ4n) is 2.24. The van der Waals surface area contributed by atoms with Crippen LogP contribution in [0.25, 0.3) is 22.6 Å². The first-order valence-corrected chi connectivity index (χ1v) is 7.73. The molecule has 8 heteroatoms. The minimum absolute atomic E-state index is 0.0209. The zero-order valence-electron chi connectivity index (χ0n) is 12.1. The van der Waals surface area contributed by atoms with Gasteiger partial charge in [-0.1, -0.05) is 18.2 Å². The lowest BCUT2D eigenvalue weighted by Gasteiger charge is -2.06. The van der Waals surface area contributed by atoms with E-state index in [1.54, 1.807) is 0 Å². The molecule has 0 saturated carbocycles. The van der Waals surface area contributed by atoms with Crippen LogP contribution in [0, 0.1) is 0 Å². The topological polar surface area (TPSA) is 76.7 Å². The molecule has 0 aliphatic heterocycles. The number of halogens is 2. The molecule has 2 aromatic carbocycles. The lowest BCUT2D eigenvalue weighted by Crippen LogP contribution is -1.99. The van der Waals surface area contributed by atoms with E-state index in [0.29, 0.717) is 5.89 Å². The molecular weight excluding hydrogens is 349 g/mol. The number of oxazole rings is 1. The van der Waals surface area contributed by atoms with Crippen molar-refractivity contribution < 1.29 is 4.42 Å². The van der Waals surface area contributed by atoms with Gasteiger partial charge in [-0.25, -0.2) is 4.98 Å². The molecule has 24 heavy (non-hydrogen) atoms. The van der Waals surface area contributed by atoms with Gasteiger partial charge < -0.3 is 9.73 Å². The van der Waals surface area contributed by atoms with E-state index in [9.17, 15) is 0 Å². The van der Waals surface area contributed by atoms with Gasteiger partial charge in [-0.15, -0.1) is 0 Å². The molecule has 1 N–H and O–H groups in total. The number of nitrogens with zero attached hydrogens (tertiary/aromatic N) is 4. The molecule has 0 fully saturated rings. The molecule has 118 valence electrons. The van der Waals surface area contributed by atoms with Crippen LogP contribution in [0.2, 0.25) is 10.6 Å². The number of para-hydroxylation sites is 2. The number of anilines is 2. The highest BCUT2D eigenvalue weighted by Crippen LogP contribution is 2.27. The Morgan fingerprint density at radius 3 is 2.42 bits per heavy atom. The standard InChI is InChI=1S/C16H9Cl2N5O/c17-14-21-15(18)23-16(22-14)19-10-5-3-4-9(8-10)13-20-11-6-1-2-7-12(11)24-13/h1-8H,(H,19,21,22,23). The van der Waals surface area contributed by atoms with Gasteiger partial charge in [0.2, 0.25) is 22.4 Å². The van der Waals surface area contributed by atoms with Gasteiger partial charge in [0, 0.05) is 11.3 Å². The number of hydrogen-bond donors (Lipinski definition) is 1. The van der Waals surface area contributed by atoms with Crippen molar-refractivity contribution >= 4 is 45.9 Å². The molecule has 0 unspecified atom stereocenters. The van der Waals surface area contributed by atoms with Gasteiger partial charge in [-0.2, -0.15) is 15.0 Å². The molecule has 6 nitrogen and oxygen atoms in total. The summed E-state index contributed by atoms with van der Waals surface area (Å²) in [6, 6.07) is 15.1.